The third-order valence-electron chi connectivity index (χ3n) is 5.41. The van der Waals surface area contributed by atoms with E-state index < -0.39 is 6.04 Å². The van der Waals surface area contributed by atoms with Crippen molar-refractivity contribution in [2.45, 2.75) is 38.3 Å². The highest BCUT2D eigenvalue weighted by Gasteiger charge is 2.35. The van der Waals surface area contributed by atoms with Crippen molar-refractivity contribution in [2.75, 3.05) is 27.2 Å². The number of carbonyl (C=O) groups excluding carboxylic acids is 2. The lowest BCUT2D eigenvalue weighted by Gasteiger charge is -2.27. The summed E-state index contributed by atoms with van der Waals surface area (Å²) < 4.78 is 5.21. The van der Waals surface area contributed by atoms with Gasteiger partial charge in [-0.25, -0.2) is 0 Å². The number of benzene rings is 1. The Hall–Kier alpha value is -2.60. The highest BCUT2D eigenvalue weighted by atomic mass is 16.3. The maximum atomic E-state index is 12.8. The first kappa shape index (κ1) is 20.1. The van der Waals surface area contributed by atoms with Crippen molar-refractivity contribution in [3.05, 3.63) is 59.5 Å². The van der Waals surface area contributed by atoms with Crippen LogP contribution in [-0.2, 0) is 11.2 Å². The highest BCUT2D eigenvalue weighted by Crippen LogP contribution is 2.22. The number of furan rings is 1. The van der Waals surface area contributed by atoms with E-state index >= 15 is 0 Å². The van der Waals surface area contributed by atoms with Crippen LogP contribution in [-0.4, -0.2) is 54.8 Å². The highest BCUT2D eigenvalue weighted by molar-refractivity contribution is 5.96. The molecule has 2 amide bonds. The predicted octanol–water partition coefficient (Wildman–Crippen LogP) is 2.87. The predicted molar refractivity (Wildman–Crippen MR) is 108 cm³/mol. The second-order valence-electron chi connectivity index (χ2n) is 7.45. The van der Waals surface area contributed by atoms with Crippen LogP contribution in [0.5, 0.6) is 0 Å². The summed E-state index contributed by atoms with van der Waals surface area (Å²) in [6.45, 7) is 3.21. The summed E-state index contributed by atoms with van der Waals surface area (Å²) >= 11 is 0. The van der Waals surface area contributed by atoms with Crippen LogP contribution in [0.4, 0.5) is 0 Å². The Kier molecular flexibility index (Phi) is 6.52. The van der Waals surface area contributed by atoms with Crippen molar-refractivity contribution in [3.8, 4) is 0 Å². The molecule has 2 atom stereocenters. The van der Waals surface area contributed by atoms with Crippen molar-refractivity contribution < 1.29 is 14.0 Å². The Morgan fingerprint density at radius 2 is 2.00 bits per heavy atom. The summed E-state index contributed by atoms with van der Waals surface area (Å²) in [5, 5.41) is 3.06. The van der Waals surface area contributed by atoms with Crippen LogP contribution in [0.2, 0.25) is 0 Å². The number of amides is 2. The minimum absolute atomic E-state index is 0.0745. The van der Waals surface area contributed by atoms with Gasteiger partial charge in [0, 0.05) is 13.1 Å². The molecule has 0 radical (unpaired) electrons. The minimum atomic E-state index is -0.442. The van der Waals surface area contributed by atoms with Crippen LogP contribution in [0, 0.1) is 0 Å². The Morgan fingerprint density at radius 3 is 2.61 bits per heavy atom. The van der Waals surface area contributed by atoms with Crippen LogP contribution in [0.1, 0.15) is 47.5 Å². The van der Waals surface area contributed by atoms with Crippen LogP contribution in [0.25, 0.3) is 0 Å². The van der Waals surface area contributed by atoms with E-state index in [-0.39, 0.29) is 23.6 Å². The largest absolute Gasteiger partial charge is 0.459 e. The molecule has 6 nitrogen and oxygen atoms in total. The van der Waals surface area contributed by atoms with Crippen LogP contribution in [0.15, 0.2) is 47.1 Å². The van der Waals surface area contributed by atoms with Crippen LogP contribution in [0.3, 0.4) is 0 Å². The number of rotatable bonds is 7. The van der Waals surface area contributed by atoms with Gasteiger partial charge in [0.1, 0.15) is 6.04 Å². The van der Waals surface area contributed by atoms with Crippen molar-refractivity contribution in [1.29, 1.82) is 0 Å². The first-order valence-corrected chi connectivity index (χ1v) is 9.88. The molecule has 2 aromatic rings. The average Bonchev–Trinajstić information content (AvgIpc) is 3.39. The van der Waals surface area contributed by atoms with E-state index in [9.17, 15) is 9.59 Å². The lowest BCUT2D eigenvalue weighted by atomic mass is 10.0. The maximum Gasteiger partial charge on any atom is 0.290 e. The quantitative estimate of drug-likeness (QED) is 0.798. The molecule has 0 bridgehead atoms. The summed E-state index contributed by atoms with van der Waals surface area (Å²) in [5.41, 5.74) is 2.46. The zero-order chi connectivity index (χ0) is 20.1. The van der Waals surface area contributed by atoms with E-state index in [0.29, 0.717) is 19.5 Å². The van der Waals surface area contributed by atoms with Gasteiger partial charge in [-0.1, -0.05) is 31.2 Å². The van der Waals surface area contributed by atoms with Gasteiger partial charge < -0.3 is 19.5 Å². The molecular formula is C22H29N3O3. The first-order valence-electron chi connectivity index (χ1n) is 9.88. The van der Waals surface area contributed by atoms with E-state index in [4.69, 9.17) is 4.42 Å². The Morgan fingerprint density at radius 1 is 1.25 bits per heavy atom. The zero-order valence-electron chi connectivity index (χ0n) is 16.9. The molecule has 1 saturated heterocycles. The molecule has 1 aromatic carbocycles. The van der Waals surface area contributed by atoms with Gasteiger partial charge in [0.2, 0.25) is 5.91 Å². The number of likely N-dealkylation sites (N-methyl/N-ethyl adjacent to an activating group) is 1. The molecule has 1 aromatic heterocycles. The van der Waals surface area contributed by atoms with E-state index in [0.717, 1.165) is 18.4 Å². The molecule has 0 spiro atoms. The molecule has 0 aliphatic carbocycles. The molecule has 1 fully saturated rings. The number of nitrogens with zero attached hydrogens (tertiary/aromatic N) is 2. The summed E-state index contributed by atoms with van der Waals surface area (Å²) in [6.07, 6.45) is 3.98. The molecule has 1 aliphatic rings. The molecule has 2 heterocycles. The van der Waals surface area contributed by atoms with Crippen molar-refractivity contribution in [1.82, 2.24) is 15.1 Å². The second kappa shape index (κ2) is 9.06. The van der Waals surface area contributed by atoms with Gasteiger partial charge >= 0.3 is 0 Å². The van der Waals surface area contributed by atoms with Gasteiger partial charge in [0.05, 0.1) is 12.3 Å². The molecule has 1 N–H and O–H groups in total. The number of hydrogen-bond acceptors (Lipinski definition) is 4. The Balaban J connectivity index is 1.64. The fourth-order valence-corrected chi connectivity index (χ4v) is 3.71. The van der Waals surface area contributed by atoms with E-state index in [1.807, 2.05) is 14.1 Å². The number of nitrogens with one attached hydrogen (secondary N) is 1. The number of hydrogen-bond donors (Lipinski definition) is 1. The molecule has 2 unspecified atom stereocenters. The van der Waals surface area contributed by atoms with E-state index in [1.54, 1.807) is 17.0 Å². The van der Waals surface area contributed by atoms with Crippen molar-refractivity contribution in [3.63, 3.8) is 0 Å². The van der Waals surface area contributed by atoms with Gasteiger partial charge in [-0.3, -0.25) is 9.59 Å². The van der Waals surface area contributed by atoms with Gasteiger partial charge in [-0.2, -0.15) is 0 Å². The fraction of sp³-hybridized carbons (Fsp3) is 0.455. The molecule has 3 rings (SSSR count). The smallest absolute Gasteiger partial charge is 0.290 e. The SMILES string of the molecule is CCc1ccc(C(CNC(=O)C2CCCN2C(=O)c2ccco2)N(C)C)cc1. The summed E-state index contributed by atoms with van der Waals surface area (Å²) in [6, 6.07) is 11.5. The lowest BCUT2D eigenvalue weighted by molar-refractivity contribution is -0.125. The second-order valence-corrected chi connectivity index (χ2v) is 7.45. The summed E-state index contributed by atoms with van der Waals surface area (Å²) in [5.74, 6) is -0.0433. The third kappa shape index (κ3) is 4.44. The number of likely N-dealkylation sites (tertiary alicyclic amines) is 1. The van der Waals surface area contributed by atoms with Crippen molar-refractivity contribution in [2.24, 2.45) is 0 Å². The van der Waals surface area contributed by atoms with E-state index in [2.05, 4.69) is 41.4 Å². The Labute approximate surface area is 166 Å². The molecule has 0 saturated carbocycles. The third-order valence-corrected chi connectivity index (χ3v) is 5.41. The first-order chi connectivity index (χ1) is 13.5. The minimum Gasteiger partial charge on any atom is -0.459 e. The summed E-state index contributed by atoms with van der Waals surface area (Å²) in [4.78, 5) is 29.1. The van der Waals surface area contributed by atoms with Crippen LogP contribution >= 0.6 is 0 Å². The molecular weight excluding hydrogens is 354 g/mol. The molecule has 1 aliphatic heterocycles. The maximum absolute atomic E-state index is 12.8. The number of carbonyl (C=O) groups is 2. The van der Waals surface area contributed by atoms with Gasteiger partial charge in [0.15, 0.2) is 5.76 Å². The zero-order valence-corrected chi connectivity index (χ0v) is 16.9. The van der Waals surface area contributed by atoms with Crippen LogP contribution < -0.4 is 5.32 Å². The Bertz CT molecular complexity index is 784. The average molecular weight is 383 g/mol. The van der Waals surface area contributed by atoms with Gasteiger partial charge in [-0.15, -0.1) is 0 Å². The lowest BCUT2D eigenvalue weighted by Crippen LogP contribution is -2.47. The van der Waals surface area contributed by atoms with Gasteiger partial charge in [-0.05, 0) is 56.6 Å². The monoisotopic (exact) mass is 383 g/mol. The van der Waals surface area contributed by atoms with Crippen molar-refractivity contribution >= 4 is 11.8 Å². The molecule has 28 heavy (non-hydrogen) atoms. The normalized spacial score (nSPS) is 17.7. The summed E-state index contributed by atoms with van der Waals surface area (Å²) in [7, 11) is 4.01. The standard InChI is InChI=1S/C22H29N3O3/c1-4-16-9-11-17(12-10-16)19(24(2)3)15-23-21(26)18-7-5-13-25(18)22(27)20-8-6-14-28-20/h6,8-12,14,18-19H,4-5,7,13,15H2,1-3H3,(H,23,26). The van der Waals surface area contributed by atoms with Gasteiger partial charge in [0.25, 0.3) is 5.91 Å². The topological polar surface area (TPSA) is 65.8 Å². The number of aryl methyl sites for hydroxylation is 1. The molecule has 150 valence electrons. The van der Waals surface area contributed by atoms with E-state index in [1.165, 1.54) is 11.8 Å². The fourth-order valence-electron chi connectivity index (χ4n) is 3.71. The molecule has 6 heteroatoms.